The zero-order valence-electron chi connectivity index (χ0n) is 17.2. The number of nitrogens with two attached hydrogens (primary N) is 1. The lowest BCUT2D eigenvalue weighted by molar-refractivity contribution is -0.138. The minimum atomic E-state index is -4.46. The van der Waals surface area contributed by atoms with Crippen molar-refractivity contribution >= 4 is 11.9 Å². The molecule has 8 heteroatoms. The van der Waals surface area contributed by atoms with E-state index in [1.807, 2.05) is 30.3 Å². The van der Waals surface area contributed by atoms with Crippen LogP contribution < -0.4 is 16.4 Å². The van der Waals surface area contributed by atoms with Crippen LogP contribution in [0.25, 0.3) is 0 Å². The van der Waals surface area contributed by atoms with Crippen LogP contribution in [0.2, 0.25) is 0 Å². The molecule has 2 aromatic carbocycles. The summed E-state index contributed by atoms with van der Waals surface area (Å²) >= 11 is 0. The van der Waals surface area contributed by atoms with E-state index in [-0.39, 0.29) is 11.5 Å². The molecule has 0 aliphatic heterocycles. The van der Waals surface area contributed by atoms with Gasteiger partial charge in [0.1, 0.15) is 6.04 Å². The van der Waals surface area contributed by atoms with Crippen molar-refractivity contribution in [2.75, 3.05) is 0 Å². The molecular weight excluding hydrogens is 407 g/mol. The number of amides is 3. The number of carbonyl (C=O) groups excluding carboxylic acids is 2. The van der Waals surface area contributed by atoms with Crippen molar-refractivity contribution in [3.05, 3.63) is 71.3 Å². The Bertz CT molecular complexity index is 918. The van der Waals surface area contributed by atoms with Crippen molar-refractivity contribution < 1.29 is 22.8 Å². The van der Waals surface area contributed by atoms with E-state index in [4.69, 9.17) is 5.73 Å². The summed E-state index contributed by atoms with van der Waals surface area (Å²) in [6.45, 7) is 1.78. The largest absolute Gasteiger partial charge is 0.416 e. The minimum Gasteiger partial charge on any atom is -0.368 e. The number of primary amides is 1. The number of halogens is 3. The summed E-state index contributed by atoms with van der Waals surface area (Å²) in [6.07, 6.45) is -2.67. The summed E-state index contributed by atoms with van der Waals surface area (Å²) < 4.78 is 40.4. The van der Waals surface area contributed by atoms with Gasteiger partial charge in [-0.15, -0.1) is 0 Å². The molecule has 1 saturated carbocycles. The second kappa shape index (κ2) is 9.41. The first kappa shape index (κ1) is 22.7. The van der Waals surface area contributed by atoms with Crippen LogP contribution in [0.1, 0.15) is 54.7 Å². The van der Waals surface area contributed by atoms with E-state index < -0.39 is 41.7 Å². The van der Waals surface area contributed by atoms with Gasteiger partial charge in [0.05, 0.1) is 5.56 Å². The average Bonchev–Trinajstić information content (AvgIpc) is 3.19. The number of hydrogen-bond acceptors (Lipinski definition) is 2. The number of carbonyl (C=O) groups is 2. The predicted molar refractivity (Wildman–Crippen MR) is 111 cm³/mol. The fourth-order valence-electron chi connectivity index (χ4n) is 4.33. The zero-order valence-corrected chi connectivity index (χ0v) is 17.2. The number of hydrogen-bond donors (Lipinski definition) is 3. The molecule has 31 heavy (non-hydrogen) atoms. The molecule has 0 radical (unpaired) electrons. The maximum Gasteiger partial charge on any atom is 0.416 e. The maximum atomic E-state index is 13.5. The lowest BCUT2D eigenvalue weighted by Crippen LogP contribution is -2.53. The molecule has 2 aromatic rings. The number of benzene rings is 2. The fourth-order valence-corrected chi connectivity index (χ4v) is 4.33. The van der Waals surface area contributed by atoms with Gasteiger partial charge in [-0.05, 0) is 30.0 Å². The van der Waals surface area contributed by atoms with Crippen LogP contribution >= 0.6 is 0 Å². The fraction of sp³-hybridized carbons (Fsp3) is 0.391. The summed E-state index contributed by atoms with van der Waals surface area (Å²) in [4.78, 5) is 24.6. The molecule has 3 amide bonds. The smallest absolute Gasteiger partial charge is 0.368 e. The van der Waals surface area contributed by atoms with E-state index in [1.165, 1.54) is 12.1 Å². The van der Waals surface area contributed by atoms with Crippen molar-refractivity contribution in [3.8, 4) is 0 Å². The maximum absolute atomic E-state index is 13.5. The van der Waals surface area contributed by atoms with Gasteiger partial charge in [0.2, 0.25) is 5.91 Å². The third-order valence-corrected chi connectivity index (χ3v) is 5.92. The molecule has 4 unspecified atom stereocenters. The van der Waals surface area contributed by atoms with Gasteiger partial charge < -0.3 is 16.4 Å². The Kier molecular flexibility index (Phi) is 6.87. The van der Waals surface area contributed by atoms with Crippen LogP contribution in [0.15, 0.2) is 54.6 Å². The number of alkyl halides is 3. The molecule has 1 fully saturated rings. The van der Waals surface area contributed by atoms with Gasteiger partial charge in [0, 0.05) is 17.9 Å². The van der Waals surface area contributed by atoms with E-state index in [2.05, 4.69) is 10.6 Å². The number of nitrogens with one attached hydrogen (secondary N) is 2. The van der Waals surface area contributed by atoms with Gasteiger partial charge in [-0.3, -0.25) is 4.79 Å². The third-order valence-electron chi connectivity index (χ3n) is 5.92. The highest BCUT2D eigenvalue weighted by Gasteiger charge is 2.39. The van der Waals surface area contributed by atoms with Crippen molar-refractivity contribution in [3.63, 3.8) is 0 Å². The Labute approximate surface area is 179 Å². The second-order valence-electron chi connectivity index (χ2n) is 7.93. The zero-order chi connectivity index (χ0) is 22.6. The van der Waals surface area contributed by atoms with Crippen LogP contribution in [0.4, 0.5) is 18.0 Å². The van der Waals surface area contributed by atoms with Gasteiger partial charge in [0.25, 0.3) is 0 Å². The molecule has 1 aliphatic rings. The van der Waals surface area contributed by atoms with Crippen LogP contribution in [0, 0.1) is 0 Å². The van der Waals surface area contributed by atoms with Gasteiger partial charge in [-0.25, -0.2) is 4.79 Å². The molecule has 0 bridgehead atoms. The number of urea groups is 1. The predicted octanol–water partition coefficient (Wildman–Crippen LogP) is 4.30. The normalized spacial score (nSPS) is 20.6. The third kappa shape index (κ3) is 5.37. The lowest BCUT2D eigenvalue weighted by Gasteiger charge is -2.27. The van der Waals surface area contributed by atoms with Gasteiger partial charge >= 0.3 is 12.2 Å². The molecule has 0 saturated heterocycles. The molecule has 0 aromatic heterocycles. The highest BCUT2D eigenvalue weighted by atomic mass is 19.4. The SMILES string of the molecule is CC(c1ccccc1)C(NC(=O)NC1CCCC1c1ccccc1C(F)(F)F)C(N)=O. The Balaban J connectivity index is 1.73. The first-order valence-electron chi connectivity index (χ1n) is 10.3. The monoisotopic (exact) mass is 433 g/mol. The summed E-state index contributed by atoms with van der Waals surface area (Å²) in [5, 5.41) is 5.38. The van der Waals surface area contributed by atoms with Gasteiger partial charge in [-0.1, -0.05) is 61.9 Å². The van der Waals surface area contributed by atoms with Crippen molar-refractivity contribution in [1.82, 2.24) is 10.6 Å². The summed E-state index contributed by atoms with van der Waals surface area (Å²) in [5.41, 5.74) is 5.85. The first-order chi connectivity index (χ1) is 14.7. The van der Waals surface area contributed by atoms with E-state index in [1.54, 1.807) is 13.0 Å². The molecule has 5 nitrogen and oxygen atoms in total. The van der Waals surface area contributed by atoms with Crippen molar-refractivity contribution in [2.45, 2.75) is 56.3 Å². The minimum absolute atomic E-state index is 0.182. The number of rotatable bonds is 6. The Morgan fingerprint density at radius 3 is 2.32 bits per heavy atom. The summed E-state index contributed by atoms with van der Waals surface area (Å²) in [5.74, 6) is -1.51. The summed E-state index contributed by atoms with van der Waals surface area (Å²) in [7, 11) is 0. The topological polar surface area (TPSA) is 84.2 Å². The Morgan fingerprint density at radius 2 is 1.68 bits per heavy atom. The Morgan fingerprint density at radius 1 is 1.03 bits per heavy atom. The molecule has 3 rings (SSSR count). The molecule has 4 atom stereocenters. The first-order valence-corrected chi connectivity index (χ1v) is 10.3. The van der Waals surface area contributed by atoms with Gasteiger partial charge in [0.15, 0.2) is 0 Å². The molecule has 0 spiro atoms. The molecule has 166 valence electrons. The van der Waals surface area contributed by atoms with Crippen molar-refractivity contribution in [2.24, 2.45) is 5.73 Å². The van der Waals surface area contributed by atoms with Crippen LogP contribution in [0.5, 0.6) is 0 Å². The van der Waals surface area contributed by atoms with E-state index in [0.29, 0.717) is 19.3 Å². The lowest BCUT2D eigenvalue weighted by atomic mass is 9.89. The van der Waals surface area contributed by atoms with E-state index >= 15 is 0 Å². The quantitative estimate of drug-likeness (QED) is 0.635. The molecule has 0 heterocycles. The molecule has 4 N–H and O–H groups in total. The Hall–Kier alpha value is -3.03. The van der Waals surface area contributed by atoms with E-state index in [0.717, 1.165) is 11.6 Å². The van der Waals surface area contributed by atoms with E-state index in [9.17, 15) is 22.8 Å². The average molecular weight is 433 g/mol. The summed E-state index contributed by atoms with van der Waals surface area (Å²) in [6, 6.07) is 12.6. The van der Waals surface area contributed by atoms with Crippen LogP contribution in [-0.4, -0.2) is 24.0 Å². The highest BCUT2D eigenvalue weighted by Crippen LogP contribution is 2.41. The van der Waals surface area contributed by atoms with Gasteiger partial charge in [-0.2, -0.15) is 13.2 Å². The highest BCUT2D eigenvalue weighted by molar-refractivity contribution is 5.87. The van der Waals surface area contributed by atoms with Crippen LogP contribution in [-0.2, 0) is 11.0 Å². The van der Waals surface area contributed by atoms with Crippen molar-refractivity contribution in [1.29, 1.82) is 0 Å². The molecular formula is C23H26F3N3O2. The second-order valence-corrected chi connectivity index (χ2v) is 7.93. The van der Waals surface area contributed by atoms with Crippen LogP contribution in [0.3, 0.4) is 0 Å². The molecule has 1 aliphatic carbocycles. The standard InChI is InChI=1S/C23H26F3N3O2/c1-14(15-8-3-2-4-9-15)20(21(27)30)29-22(31)28-19-13-7-11-17(19)16-10-5-6-12-18(16)23(24,25)26/h2-6,8-10,12,14,17,19-20H,7,11,13H2,1H3,(H2,27,30)(H2,28,29,31).